The highest BCUT2D eigenvalue weighted by atomic mass is 16.5. The van der Waals surface area contributed by atoms with Crippen LogP contribution in [0.5, 0.6) is 5.75 Å². The molecule has 0 N–H and O–H groups in total. The van der Waals surface area contributed by atoms with Crippen molar-refractivity contribution in [3.05, 3.63) is 42.2 Å². The second-order valence-corrected chi connectivity index (χ2v) is 3.21. The normalized spacial score (nSPS) is 17.8. The highest BCUT2D eigenvalue weighted by Crippen LogP contribution is 2.32. The van der Waals surface area contributed by atoms with E-state index in [0.717, 1.165) is 11.3 Å². The Bertz CT molecular complexity index is 396. The third-order valence-electron chi connectivity index (χ3n) is 2.26. The molecule has 0 radical (unpaired) electrons. The van der Waals surface area contributed by atoms with Crippen LogP contribution < -0.4 is 4.74 Å². The molecule has 0 fully saturated rings. The Morgan fingerprint density at radius 1 is 1.47 bits per heavy atom. The number of esters is 1. The zero-order valence-electron chi connectivity index (χ0n) is 8.47. The molecule has 1 aliphatic rings. The standard InChI is InChI=1S/C12H12O3/c1-2-14-12(13)10-7-8-15-11-6-4-3-5-9(10)11/h3-8,10H,2H2,1H3. The number of benzene rings is 1. The molecule has 0 aromatic heterocycles. The molecule has 1 heterocycles. The zero-order chi connectivity index (χ0) is 10.7. The van der Waals surface area contributed by atoms with Gasteiger partial charge in [0.25, 0.3) is 0 Å². The van der Waals surface area contributed by atoms with Gasteiger partial charge in [-0.3, -0.25) is 4.79 Å². The summed E-state index contributed by atoms with van der Waals surface area (Å²) in [5, 5.41) is 0. The minimum Gasteiger partial charge on any atom is -0.465 e. The zero-order valence-corrected chi connectivity index (χ0v) is 8.47. The van der Waals surface area contributed by atoms with Crippen molar-refractivity contribution in [1.82, 2.24) is 0 Å². The number of carbonyl (C=O) groups is 1. The van der Waals surface area contributed by atoms with Gasteiger partial charge in [0.1, 0.15) is 11.7 Å². The van der Waals surface area contributed by atoms with Gasteiger partial charge in [0.05, 0.1) is 12.9 Å². The predicted octanol–water partition coefficient (Wildman–Crippen LogP) is 2.24. The Morgan fingerprint density at radius 3 is 3.07 bits per heavy atom. The first-order valence-corrected chi connectivity index (χ1v) is 4.92. The smallest absolute Gasteiger partial charge is 0.317 e. The van der Waals surface area contributed by atoms with Crippen molar-refractivity contribution in [2.24, 2.45) is 0 Å². The Kier molecular flexibility index (Phi) is 2.72. The van der Waals surface area contributed by atoms with E-state index in [1.165, 1.54) is 6.26 Å². The molecule has 1 aromatic carbocycles. The molecule has 2 rings (SSSR count). The maximum Gasteiger partial charge on any atom is 0.317 e. The van der Waals surface area contributed by atoms with Crippen LogP contribution in [0.1, 0.15) is 18.4 Å². The first-order chi connectivity index (χ1) is 7.33. The Labute approximate surface area is 88.3 Å². The minimum atomic E-state index is -0.338. The second kappa shape index (κ2) is 4.17. The van der Waals surface area contributed by atoms with E-state index in [2.05, 4.69) is 0 Å². The molecule has 3 heteroatoms. The fraction of sp³-hybridized carbons (Fsp3) is 0.250. The largest absolute Gasteiger partial charge is 0.465 e. The molecule has 0 amide bonds. The van der Waals surface area contributed by atoms with Gasteiger partial charge in [-0.25, -0.2) is 0 Å². The summed E-state index contributed by atoms with van der Waals surface area (Å²) in [4.78, 5) is 11.6. The molecule has 0 saturated carbocycles. The van der Waals surface area contributed by atoms with Crippen molar-refractivity contribution < 1.29 is 14.3 Å². The van der Waals surface area contributed by atoms with Crippen LogP contribution in [0.2, 0.25) is 0 Å². The summed E-state index contributed by atoms with van der Waals surface area (Å²) in [6.45, 7) is 2.19. The van der Waals surface area contributed by atoms with Gasteiger partial charge in [-0.2, -0.15) is 0 Å². The third kappa shape index (κ3) is 1.86. The lowest BCUT2D eigenvalue weighted by Gasteiger charge is -2.18. The SMILES string of the molecule is CCOC(=O)C1C=COc2ccccc21. The molecule has 0 saturated heterocycles. The summed E-state index contributed by atoms with van der Waals surface area (Å²) in [5.41, 5.74) is 0.860. The molecular weight excluding hydrogens is 192 g/mol. The number of para-hydroxylation sites is 1. The van der Waals surface area contributed by atoms with Gasteiger partial charge in [0, 0.05) is 5.56 Å². The van der Waals surface area contributed by atoms with Gasteiger partial charge in [0.15, 0.2) is 0 Å². The molecule has 78 valence electrons. The highest BCUT2D eigenvalue weighted by Gasteiger charge is 2.24. The summed E-state index contributed by atoms with van der Waals surface area (Å²) < 4.78 is 10.3. The molecule has 0 aliphatic carbocycles. The predicted molar refractivity (Wildman–Crippen MR) is 55.6 cm³/mol. The summed E-state index contributed by atoms with van der Waals surface area (Å²) in [6, 6.07) is 7.47. The molecule has 1 atom stereocenters. The summed E-state index contributed by atoms with van der Waals surface area (Å²) in [6.07, 6.45) is 3.24. The average Bonchev–Trinajstić information content (AvgIpc) is 2.28. The fourth-order valence-electron chi connectivity index (χ4n) is 1.58. The summed E-state index contributed by atoms with van der Waals surface area (Å²) >= 11 is 0. The number of ether oxygens (including phenoxy) is 2. The van der Waals surface area contributed by atoms with Gasteiger partial charge in [-0.05, 0) is 19.1 Å². The molecule has 1 aromatic rings. The third-order valence-corrected chi connectivity index (χ3v) is 2.26. The van der Waals surface area contributed by atoms with Crippen LogP contribution in [-0.2, 0) is 9.53 Å². The van der Waals surface area contributed by atoms with Crippen molar-refractivity contribution in [2.45, 2.75) is 12.8 Å². The topological polar surface area (TPSA) is 35.5 Å². The van der Waals surface area contributed by atoms with Gasteiger partial charge in [-0.1, -0.05) is 18.2 Å². The molecule has 0 spiro atoms. The lowest BCUT2D eigenvalue weighted by Crippen LogP contribution is -2.17. The van der Waals surface area contributed by atoms with Crippen molar-refractivity contribution in [3.8, 4) is 5.75 Å². The van der Waals surface area contributed by atoms with E-state index in [0.29, 0.717) is 6.61 Å². The first kappa shape index (κ1) is 9.77. The van der Waals surface area contributed by atoms with Crippen molar-refractivity contribution in [2.75, 3.05) is 6.61 Å². The quantitative estimate of drug-likeness (QED) is 0.693. The van der Waals surface area contributed by atoms with E-state index in [1.807, 2.05) is 24.3 Å². The van der Waals surface area contributed by atoms with Crippen molar-refractivity contribution in [3.63, 3.8) is 0 Å². The van der Waals surface area contributed by atoms with Crippen LogP contribution in [-0.4, -0.2) is 12.6 Å². The van der Waals surface area contributed by atoms with Gasteiger partial charge < -0.3 is 9.47 Å². The number of hydrogen-bond donors (Lipinski definition) is 0. The van der Waals surface area contributed by atoms with Crippen LogP contribution in [0.25, 0.3) is 0 Å². The maximum absolute atomic E-state index is 11.6. The van der Waals surface area contributed by atoms with Gasteiger partial charge in [-0.15, -0.1) is 0 Å². The number of carbonyl (C=O) groups excluding carboxylic acids is 1. The van der Waals surface area contributed by atoms with Crippen molar-refractivity contribution in [1.29, 1.82) is 0 Å². The molecule has 3 nitrogen and oxygen atoms in total. The molecule has 1 aliphatic heterocycles. The van der Waals surface area contributed by atoms with Crippen molar-refractivity contribution >= 4 is 5.97 Å². The van der Waals surface area contributed by atoms with Crippen LogP contribution in [0, 0.1) is 0 Å². The van der Waals surface area contributed by atoms with Gasteiger partial charge in [0.2, 0.25) is 0 Å². The number of rotatable bonds is 2. The maximum atomic E-state index is 11.6. The lowest BCUT2D eigenvalue weighted by atomic mass is 9.97. The Hall–Kier alpha value is -1.77. The molecule has 1 unspecified atom stereocenters. The van der Waals surface area contributed by atoms with Crippen LogP contribution in [0.15, 0.2) is 36.6 Å². The Balaban J connectivity index is 2.30. The van der Waals surface area contributed by atoms with E-state index < -0.39 is 0 Å². The lowest BCUT2D eigenvalue weighted by molar-refractivity contribution is -0.143. The van der Waals surface area contributed by atoms with E-state index in [4.69, 9.17) is 9.47 Å². The number of hydrogen-bond acceptors (Lipinski definition) is 3. The average molecular weight is 204 g/mol. The minimum absolute atomic E-state index is 0.232. The van der Waals surface area contributed by atoms with E-state index in [-0.39, 0.29) is 11.9 Å². The number of fused-ring (bicyclic) bond motifs is 1. The summed E-state index contributed by atoms with van der Waals surface area (Å²) in [7, 11) is 0. The summed E-state index contributed by atoms with van der Waals surface area (Å²) in [5.74, 6) is 0.150. The van der Waals surface area contributed by atoms with Crippen LogP contribution >= 0.6 is 0 Å². The van der Waals surface area contributed by atoms with Gasteiger partial charge >= 0.3 is 5.97 Å². The fourth-order valence-corrected chi connectivity index (χ4v) is 1.58. The van der Waals surface area contributed by atoms with Crippen LogP contribution in [0.3, 0.4) is 0 Å². The Morgan fingerprint density at radius 2 is 2.27 bits per heavy atom. The monoisotopic (exact) mass is 204 g/mol. The second-order valence-electron chi connectivity index (χ2n) is 3.21. The van der Waals surface area contributed by atoms with E-state index in [1.54, 1.807) is 13.0 Å². The van der Waals surface area contributed by atoms with Crippen LogP contribution in [0.4, 0.5) is 0 Å². The molecule has 15 heavy (non-hydrogen) atoms. The van der Waals surface area contributed by atoms with E-state index >= 15 is 0 Å². The highest BCUT2D eigenvalue weighted by molar-refractivity contribution is 5.81. The molecule has 0 bridgehead atoms. The molecular formula is C12H12O3. The first-order valence-electron chi connectivity index (χ1n) is 4.92. The van der Waals surface area contributed by atoms with E-state index in [9.17, 15) is 4.79 Å².